The van der Waals surface area contributed by atoms with E-state index in [1.54, 1.807) is 31.4 Å². The van der Waals surface area contributed by atoms with Crippen molar-refractivity contribution in [3.8, 4) is 5.75 Å². The van der Waals surface area contributed by atoms with Gasteiger partial charge in [-0.2, -0.15) is 0 Å². The molecule has 0 atom stereocenters. The topological polar surface area (TPSA) is 50.4 Å². The Bertz CT molecular complexity index is 662. The van der Waals surface area contributed by atoms with E-state index in [2.05, 4.69) is 26.6 Å². The number of hydrogen-bond donors (Lipinski definition) is 2. The molecule has 1 amide bonds. The summed E-state index contributed by atoms with van der Waals surface area (Å²) in [5.41, 5.74) is 1.66. The summed E-state index contributed by atoms with van der Waals surface area (Å²) in [6.07, 6.45) is 0. The second kappa shape index (κ2) is 8.91. The fourth-order valence-electron chi connectivity index (χ4n) is 2.08. The zero-order chi connectivity index (χ0) is 16.7. The molecule has 23 heavy (non-hydrogen) atoms. The van der Waals surface area contributed by atoms with E-state index in [1.165, 1.54) is 0 Å². The average molecular weight is 398 g/mol. The van der Waals surface area contributed by atoms with Crippen LogP contribution in [0, 0.1) is 0 Å². The highest BCUT2D eigenvalue weighted by Crippen LogP contribution is 2.22. The molecule has 0 aromatic heterocycles. The lowest BCUT2D eigenvalue weighted by Gasteiger charge is -2.11. The van der Waals surface area contributed by atoms with E-state index in [0.29, 0.717) is 30.2 Å². The standard InChI is InChI=1S/C17H18BrClN2O2/c1-23-16-7-4-14(18)10-13(16)11-20-8-9-21-17(22)12-2-5-15(19)6-3-12/h2-7,10,20H,8-9,11H2,1H3,(H,21,22). The summed E-state index contributed by atoms with van der Waals surface area (Å²) >= 11 is 9.25. The maximum Gasteiger partial charge on any atom is 0.251 e. The Morgan fingerprint density at radius 2 is 1.91 bits per heavy atom. The van der Waals surface area contributed by atoms with Crippen molar-refractivity contribution >= 4 is 33.4 Å². The molecule has 6 heteroatoms. The SMILES string of the molecule is COc1ccc(Br)cc1CNCCNC(=O)c1ccc(Cl)cc1. The van der Waals surface area contributed by atoms with Crippen molar-refractivity contribution in [3.63, 3.8) is 0 Å². The van der Waals surface area contributed by atoms with Crippen LogP contribution in [0.15, 0.2) is 46.9 Å². The molecule has 2 aromatic carbocycles. The van der Waals surface area contributed by atoms with Gasteiger partial charge in [0.25, 0.3) is 5.91 Å². The maximum atomic E-state index is 11.9. The third kappa shape index (κ3) is 5.53. The molecule has 0 aliphatic carbocycles. The smallest absolute Gasteiger partial charge is 0.251 e. The number of hydrogen-bond acceptors (Lipinski definition) is 3. The first kappa shape index (κ1) is 17.8. The number of rotatable bonds is 7. The second-order valence-corrected chi connectivity index (χ2v) is 6.25. The second-order valence-electron chi connectivity index (χ2n) is 4.90. The molecule has 0 spiro atoms. The van der Waals surface area contributed by atoms with Gasteiger partial charge in [0, 0.05) is 40.3 Å². The minimum atomic E-state index is -0.108. The summed E-state index contributed by atoms with van der Waals surface area (Å²) < 4.78 is 6.33. The zero-order valence-corrected chi connectivity index (χ0v) is 15.1. The van der Waals surface area contributed by atoms with Gasteiger partial charge in [-0.25, -0.2) is 0 Å². The molecule has 0 unspecified atom stereocenters. The van der Waals surface area contributed by atoms with E-state index in [1.807, 2.05) is 18.2 Å². The predicted molar refractivity (Wildman–Crippen MR) is 96.2 cm³/mol. The number of nitrogens with one attached hydrogen (secondary N) is 2. The van der Waals surface area contributed by atoms with Gasteiger partial charge in [0.1, 0.15) is 5.75 Å². The normalized spacial score (nSPS) is 10.4. The van der Waals surface area contributed by atoms with Crippen LogP contribution in [0.2, 0.25) is 5.02 Å². The number of benzene rings is 2. The van der Waals surface area contributed by atoms with Crippen molar-refractivity contribution in [1.29, 1.82) is 0 Å². The molecule has 0 heterocycles. The molecule has 0 aliphatic rings. The van der Waals surface area contributed by atoms with Crippen molar-refractivity contribution in [2.24, 2.45) is 0 Å². The molecule has 4 nitrogen and oxygen atoms in total. The lowest BCUT2D eigenvalue weighted by atomic mass is 10.2. The summed E-state index contributed by atoms with van der Waals surface area (Å²) in [5.74, 6) is 0.731. The number of methoxy groups -OCH3 is 1. The quantitative estimate of drug-likeness (QED) is 0.702. The van der Waals surface area contributed by atoms with Crippen molar-refractivity contribution in [3.05, 3.63) is 63.1 Å². The first-order valence-corrected chi connectivity index (χ1v) is 8.34. The van der Waals surface area contributed by atoms with Crippen molar-refractivity contribution < 1.29 is 9.53 Å². The van der Waals surface area contributed by atoms with Crippen LogP contribution >= 0.6 is 27.5 Å². The lowest BCUT2D eigenvalue weighted by Crippen LogP contribution is -2.31. The molecule has 2 aromatic rings. The van der Waals surface area contributed by atoms with Crippen LogP contribution in [0.3, 0.4) is 0 Å². The summed E-state index contributed by atoms with van der Waals surface area (Å²) in [6, 6.07) is 12.7. The fourth-order valence-corrected chi connectivity index (χ4v) is 2.61. The van der Waals surface area contributed by atoms with E-state index >= 15 is 0 Å². The number of ether oxygens (including phenoxy) is 1. The molecule has 0 aliphatic heterocycles. The van der Waals surface area contributed by atoms with Gasteiger partial charge in [0.2, 0.25) is 0 Å². The van der Waals surface area contributed by atoms with Crippen LogP contribution in [-0.4, -0.2) is 26.1 Å². The van der Waals surface area contributed by atoms with Gasteiger partial charge in [-0.05, 0) is 42.5 Å². The van der Waals surface area contributed by atoms with Crippen molar-refractivity contribution in [2.45, 2.75) is 6.54 Å². The zero-order valence-electron chi connectivity index (χ0n) is 12.7. The third-order valence-electron chi connectivity index (χ3n) is 3.25. The number of halogens is 2. The highest BCUT2D eigenvalue weighted by molar-refractivity contribution is 9.10. The van der Waals surface area contributed by atoms with Gasteiger partial charge in [0.15, 0.2) is 0 Å². The average Bonchev–Trinajstić information content (AvgIpc) is 2.55. The molecule has 122 valence electrons. The molecular weight excluding hydrogens is 380 g/mol. The molecule has 0 saturated carbocycles. The number of carbonyl (C=O) groups is 1. The minimum Gasteiger partial charge on any atom is -0.496 e. The Kier molecular flexibility index (Phi) is 6.89. The summed E-state index contributed by atoms with van der Waals surface area (Å²) in [7, 11) is 1.65. The van der Waals surface area contributed by atoms with Crippen LogP contribution < -0.4 is 15.4 Å². The molecule has 0 saturated heterocycles. The van der Waals surface area contributed by atoms with Gasteiger partial charge in [-0.3, -0.25) is 4.79 Å². The minimum absolute atomic E-state index is 0.108. The summed E-state index contributed by atoms with van der Waals surface area (Å²) in [4.78, 5) is 11.9. The Hall–Kier alpha value is -1.56. The van der Waals surface area contributed by atoms with Gasteiger partial charge in [0.05, 0.1) is 7.11 Å². The largest absolute Gasteiger partial charge is 0.496 e. The monoisotopic (exact) mass is 396 g/mol. The van der Waals surface area contributed by atoms with Gasteiger partial charge in [-0.1, -0.05) is 27.5 Å². The van der Waals surface area contributed by atoms with Crippen LogP contribution in [0.25, 0.3) is 0 Å². The van der Waals surface area contributed by atoms with E-state index in [4.69, 9.17) is 16.3 Å². The van der Waals surface area contributed by atoms with Gasteiger partial charge < -0.3 is 15.4 Å². The highest BCUT2D eigenvalue weighted by atomic mass is 79.9. The maximum absolute atomic E-state index is 11.9. The molecule has 2 rings (SSSR count). The van der Waals surface area contributed by atoms with Gasteiger partial charge in [-0.15, -0.1) is 0 Å². The van der Waals surface area contributed by atoms with E-state index < -0.39 is 0 Å². The fraction of sp³-hybridized carbons (Fsp3) is 0.235. The first-order valence-electron chi connectivity index (χ1n) is 7.17. The molecular formula is C17H18BrClN2O2. The molecule has 0 bridgehead atoms. The lowest BCUT2D eigenvalue weighted by molar-refractivity contribution is 0.0954. The van der Waals surface area contributed by atoms with Crippen LogP contribution in [-0.2, 0) is 6.54 Å². The highest BCUT2D eigenvalue weighted by Gasteiger charge is 2.05. The Morgan fingerprint density at radius 3 is 2.61 bits per heavy atom. The van der Waals surface area contributed by atoms with Crippen molar-refractivity contribution in [1.82, 2.24) is 10.6 Å². The number of carbonyl (C=O) groups excluding carboxylic acids is 1. The summed E-state index contributed by atoms with van der Waals surface area (Å²) in [6.45, 7) is 1.87. The first-order chi connectivity index (χ1) is 11.1. The predicted octanol–water partition coefficient (Wildman–Crippen LogP) is 3.63. The molecule has 2 N–H and O–H groups in total. The van der Waals surface area contributed by atoms with Crippen molar-refractivity contribution in [2.75, 3.05) is 20.2 Å². The van der Waals surface area contributed by atoms with E-state index in [0.717, 1.165) is 15.8 Å². The van der Waals surface area contributed by atoms with Crippen LogP contribution in [0.1, 0.15) is 15.9 Å². The molecule has 0 fully saturated rings. The van der Waals surface area contributed by atoms with Crippen LogP contribution in [0.4, 0.5) is 0 Å². The Morgan fingerprint density at radius 1 is 1.17 bits per heavy atom. The third-order valence-corrected chi connectivity index (χ3v) is 4.00. The number of amides is 1. The van der Waals surface area contributed by atoms with E-state index in [-0.39, 0.29) is 5.91 Å². The van der Waals surface area contributed by atoms with E-state index in [9.17, 15) is 4.79 Å². The molecule has 0 radical (unpaired) electrons. The van der Waals surface area contributed by atoms with Gasteiger partial charge >= 0.3 is 0 Å². The Balaban J connectivity index is 1.74. The van der Waals surface area contributed by atoms with Crippen LogP contribution in [0.5, 0.6) is 5.75 Å². The summed E-state index contributed by atoms with van der Waals surface area (Å²) in [5, 5.41) is 6.76. The Labute approximate surface area is 149 Å².